The van der Waals surface area contributed by atoms with Crippen LogP contribution in [0.15, 0.2) is 30.5 Å². The number of piperidine rings is 1. The molecule has 7 heteroatoms. The summed E-state index contributed by atoms with van der Waals surface area (Å²) in [6.07, 6.45) is 5.89. The molecule has 1 aromatic heterocycles. The molecule has 0 atom stereocenters. The number of aromatic nitrogens is 2. The Hall–Kier alpha value is -1.56. The van der Waals surface area contributed by atoms with Gasteiger partial charge in [0.2, 0.25) is 5.91 Å². The maximum Gasteiger partial charge on any atom is 0.223 e. The van der Waals surface area contributed by atoms with Crippen LogP contribution in [0.1, 0.15) is 31.2 Å². The molecule has 0 aliphatic carbocycles. The van der Waals surface area contributed by atoms with Crippen molar-refractivity contribution in [3.8, 4) is 11.3 Å². The fourth-order valence-electron chi connectivity index (χ4n) is 3.03. The Bertz CT molecular complexity index is 666. The molecule has 0 unspecified atom stereocenters. The van der Waals surface area contributed by atoms with Gasteiger partial charge in [-0.05, 0) is 37.0 Å². The second-order valence-electron chi connectivity index (χ2n) is 6.15. The molecule has 2 N–H and O–H groups in total. The number of amides is 1. The lowest BCUT2D eigenvalue weighted by Gasteiger charge is -2.26. The van der Waals surface area contributed by atoms with Crippen molar-refractivity contribution in [3.63, 3.8) is 0 Å². The lowest BCUT2D eigenvalue weighted by atomic mass is 10.1. The molecule has 5 nitrogen and oxygen atoms in total. The number of nitrogens with zero attached hydrogens (tertiary/aromatic N) is 2. The number of likely N-dealkylation sites (tertiary alicyclic amines) is 1. The van der Waals surface area contributed by atoms with E-state index in [2.05, 4.69) is 15.5 Å². The Morgan fingerprint density at radius 3 is 2.64 bits per heavy atom. The highest BCUT2D eigenvalue weighted by atomic mass is 35.5. The molecular formula is C18H24Cl2N4O. The number of aromatic amines is 1. The van der Waals surface area contributed by atoms with E-state index in [4.69, 9.17) is 11.6 Å². The van der Waals surface area contributed by atoms with E-state index in [1.807, 2.05) is 35.4 Å². The van der Waals surface area contributed by atoms with Gasteiger partial charge in [-0.2, -0.15) is 5.10 Å². The van der Waals surface area contributed by atoms with Crippen molar-refractivity contribution in [2.45, 2.75) is 32.2 Å². The Balaban J connectivity index is 0.00000225. The van der Waals surface area contributed by atoms with Crippen molar-refractivity contribution >= 4 is 29.9 Å². The maximum atomic E-state index is 12.1. The molecule has 2 aromatic rings. The van der Waals surface area contributed by atoms with E-state index in [0.29, 0.717) is 24.5 Å². The summed E-state index contributed by atoms with van der Waals surface area (Å²) in [6, 6.07) is 7.68. The number of H-pyrrole nitrogens is 1. The quantitative estimate of drug-likeness (QED) is 0.749. The van der Waals surface area contributed by atoms with Gasteiger partial charge in [0, 0.05) is 43.2 Å². The summed E-state index contributed by atoms with van der Waals surface area (Å²) in [5, 5.41) is 11.2. The number of benzene rings is 1. The molecule has 1 aliphatic rings. The number of hydrogen-bond donors (Lipinski definition) is 2. The molecule has 136 valence electrons. The summed E-state index contributed by atoms with van der Waals surface area (Å²) in [5.74, 6) is 0.257. The monoisotopic (exact) mass is 382 g/mol. The minimum Gasteiger partial charge on any atom is -0.343 e. The van der Waals surface area contributed by atoms with Crippen molar-refractivity contribution in [3.05, 3.63) is 41.0 Å². The fourth-order valence-corrected chi connectivity index (χ4v) is 3.16. The van der Waals surface area contributed by atoms with Crippen LogP contribution >= 0.6 is 24.0 Å². The minimum absolute atomic E-state index is 0. The molecule has 3 rings (SSSR count). The molecule has 1 aliphatic heterocycles. The van der Waals surface area contributed by atoms with Crippen LogP contribution in [0.3, 0.4) is 0 Å². The highest BCUT2D eigenvalue weighted by Crippen LogP contribution is 2.22. The van der Waals surface area contributed by atoms with Crippen LogP contribution in [0.2, 0.25) is 5.02 Å². The van der Waals surface area contributed by atoms with Gasteiger partial charge in [0.1, 0.15) is 0 Å². The number of carbonyl (C=O) groups excluding carboxylic acids is 1. The van der Waals surface area contributed by atoms with Gasteiger partial charge in [0.05, 0.1) is 11.9 Å². The summed E-state index contributed by atoms with van der Waals surface area (Å²) < 4.78 is 0. The summed E-state index contributed by atoms with van der Waals surface area (Å²) in [5.41, 5.74) is 3.13. The van der Waals surface area contributed by atoms with E-state index in [-0.39, 0.29) is 18.3 Å². The molecule has 1 amide bonds. The van der Waals surface area contributed by atoms with Crippen molar-refractivity contribution in [1.29, 1.82) is 0 Å². The number of carbonyl (C=O) groups is 1. The Morgan fingerprint density at radius 1 is 1.20 bits per heavy atom. The van der Waals surface area contributed by atoms with E-state index in [0.717, 1.165) is 42.8 Å². The Morgan fingerprint density at radius 2 is 1.92 bits per heavy atom. The van der Waals surface area contributed by atoms with E-state index in [1.54, 1.807) is 0 Å². The third-order valence-electron chi connectivity index (χ3n) is 4.39. The first-order valence-corrected chi connectivity index (χ1v) is 8.88. The Kier molecular flexibility index (Phi) is 7.75. The van der Waals surface area contributed by atoms with Crippen LogP contribution < -0.4 is 5.32 Å². The van der Waals surface area contributed by atoms with Crippen molar-refractivity contribution in [1.82, 2.24) is 20.4 Å². The molecule has 25 heavy (non-hydrogen) atoms. The summed E-state index contributed by atoms with van der Waals surface area (Å²) in [4.78, 5) is 14.1. The average Bonchev–Trinajstić information content (AvgIpc) is 3.08. The van der Waals surface area contributed by atoms with E-state index in [1.165, 1.54) is 6.42 Å². The van der Waals surface area contributed by atoms with Crippen LogP contribution in [0.5, 0.6) is 0 Å². The summed E-state index contributed by atoms with van der Waals surface area (Å²) in [7, 11) is 0. The average molecular weight is 383 g/mol. The standard InChI is InChI=1S/C18H23ClN4O.ClH/c19-16-6-4-14(5-7-16)18-15(13-21-22-18)12-20-9-8-17(24)23-10-2-1-3-11-23;/h4-7,13,20H,1-3,8-12H2,(H,21,22);1H. The molecular weight excluding hydrogens is 359 g/mol. The van der Waals surface area contributed by atoms with Crippen LogP contribution in [-0.4, -0.2) is 40.6 Å². The Labute approximate surface area is 159 Å². The van der Waals surface area contributed by atoms with Gasteiger partial charge in [-0.1, -0.05) is 23.7 Å². The molecule has 0 saturated carbocycles. The largest absolute Gasteiger partial charge is 0.343 e. The number of rotatable bonds is 6. The van der Waals surface area contributed by atoms with Gasteiger partial charge in [-0.25, -0.2) is 0 Å². The minimum atomic E-state index is 0. The number of nitrogens with one attached hydrogen (secondary N) is 2. The van der Waals surface area contributed by atoms with Crippen LogP contribution in [0.4, 0.5) is 0 Å². The first-order valence-electron chi connectivity index (χ1n) is 8.51. The second kappa shape index (κ2) is 9.80. The molecule has 1 fully saturated rings. The predicted octanol–water partition coefficient (Wildman–Crippen LogP) is 3.64. The molecule has 1 aromatic carbocycles. The maximum absolute atomic E-state index is 12.1. The van der Waals surface area contributed by atoms with E-state index >= 15 is 0 Å². The summed E-state index contributed by atoms with van der Waals surface area (Å²) in [6.45, 7) is 3.20. The fraction of sp³-hybridized carbons (Fsp3) is 0.444. The topological polar surface area (TPSA) is 61.0 Å². The molecule has 1 saturated heterocycles. The summed E-state index contributed by atoms with van der Waals surface area (Å²) >= 11 is 5.93. The second-order valence-corrected chi connectivity index (χ2v) is 6.58. The highest BCUT2D eigenvalue weighted by molar-refractivity contribution is 6.30. The molecule has 0 spiro atoms. The third kappa shape index (κ3) is 5.46. The van der Waals surface area contributed by atoms with E-state index < -0.39 is 0 Å². The molecule has 0 bridgehead atoms. The first-order chi connectivity index (χ1) is 11.7. The van der Waals surface area contributed by atoms with Crippen LogP contribution in [-0.2, 0) is 11.3 Å². The van der Waals surface area contributed by atoms with Crippen molar-refractivity contribution in [2.75, 3.05) is 19.6 Å². The normalized spacial score (nSPS) is 14.2. The van der Waals surface area contributed by atoms with Gasteiger partial charge < -0.3 is 10.2 Å². The number of halogens is 2. The van der Waals surface area contributed by atoms with Gasteiger partial charge >= 0.3 is 0 Å². The predicted molar refractivity (Wildman–Crippen MR) is 103 cm³/mol. The zero-order valence-corrected chi connectivity index (χ0v) is 15.7. The smallest absolute Gasteiger partial charge is 0.223 e. The lowest BCUT2D eigenvalue weighted by molar-refractivity contribution is -0.131. The van der Waals surface area contributed by atoms with Crippen molar-refractivity contribution in [2.24, 2.45) is 0 Å². The van der Waals surface area contributed by atoms with Crippen molar-refractivity contribution < 1.29 is 4.79 Å². The van der Waals surface area contributed by atoms with Gasteiger partial charge in [-0.15, -0.1) is 12.4 Å². The molecule has 2 heterocycles. The zero-order valence-electron chi connectivity index (χ0n) is 14.1. The lowest BCUT2D eigenvalue weighted by Crippen LogP contribution is -2.37. The van der Waals surface area contributed by atoms with Crippen LogP contribution in [0.25, 0.3) is 11.3 Å². The molecule has 0 radical (unpaired) electrons. The van der Waals surface area contributed by atoms with Gasteiger partial charge in [-0.3, -0.25) is 9.89 Å². The zero-order chi connectivity index (χ0) is 16.8. The van der Waals surface area contributed by atoms with E-state index in [9.17, 15) is 4.79 Å². The highest BCUT2D eigenvalue weighted by Gasteiger charge is 2.15. The van der Waals surface area contributed by atoms with Gasteiger partial charge in [0.25, 0.3) is 0 Å². The SMILES string of the molecule is Cl.O=C(CCNCc1cn[nH]c1-c1ccc(Cl)cc1)N1CCCCC1. The third-order valence-corrected chi connectivity index (χ3v) is 4.64. The van der Waals surface area contributed by atoms with Crippen LogP contribution in [0, 0.1) is 0 Å². The number of hydrogen-bond acceptors (Lipinski definition) is 3. The van der Waals surface area contributed by atoms with Gasteiger partial charge in [0.15, 0.2) is 0 Å². The first kappa shape index (κ1) is 19.8.